The first-order valence-corrected chi connectivity index (χ1v) is 2.58. The summed E-state index contributed by atoms with van der Waals surface area (Å²) in [5.41, 5.74) is 0.167. The Morgan fingerprint density at radius 3 is 2.60 bits per heavy atom. The lowest BCUT2D eigenvalue weighted by Gasteiger charge is -1.72. The fourth-order valence-corrected chi connectivity index (χ4v) is 0.453. The van der Waals surface area contributed by atoms with Crippen molar-refractivity contribution in [3.8, 4) is 0 Å². The third-order valence-corrected chi connectivity index (χ3v) is 0.942. The lowest BCUT2D eigenvalue weighted by molar-refractivity contribution is 1.13. The smallest absolute Gasteiger partial charge is 0.265 e. The lowest BCUT2D eigenvalue weighted by Crippen LogP contribution is -2.05. The Morgan fingerprint density at radius 1 is 1.30 bits per heavy atom. The molecular weight excluding hydrogens is 152 g/mol. The second-order valence-corrected chi connectivity index (χ2v) is 1.64. The van der Waals surface area contributed by atoms with E-state index in [0.29, 0.717) is 5.69 Å². The first-order chi connectivity index (χ1) is 4.30. The maximum atomic E-state index is 10.6. The van der Waals surface area contributed by atoms with Crippen molar-refractivity contribution in [2.45, 2.75) is 6.92 Å². The van der Waals surface area contributed by atoms with E-state index >= 15 is 0 Å². The summed E-state index contributed by atoms with van der Waals surface area (Å²) in [6.45, 7) is 1.63. The molecule has 0 spiro atoms. The third kappa shape index (κ3) is 2.11. The number of hydrogen-bond acceptors (Lipinski definition) is 3. The highest BCUT2D eigenvalue weighted by atomic mass is 35.5. The summed E-state index contributed by atoms with van der Waals surface area (Å²) >= 11 is 0. The van der Waals surface area contributed by atoms with Crippen LogP contribution in [-0.2, 0) is 0 Å². The van der Waals surface area contributed by atoms with Gasteiger partial charge in [-0.25, -0.2) is 4.98 Å². The molecule has 1 heterocycles. The van der Waals surface area contributed by atoms with Gasteiger partial charge in [-0.2, -0.15) is 0 Å². The zero-order valence-corrected chi connectivity index (χ0v) is 6.26. The van der Waals surface area contributed by atoms with Gasteiger partial charge in [0, 0.05) is 12.4 Å². The number of rotatable bonds is 0. The average molecular weight is 159 g/mol. The van der Waals surface area contributed by atoms with E-state index < -0.39 is 0 Å². The van der Waals surface area contributed by atoms with E-state index in [9.17, 15) is 4.79 Å². The van der Waals surface area contributed by atoms with Crippen molar-refractivity contribution in [3.63, 3.8) is 0 Å². The molecule has 0 N–H and O–H groups in total. The minimum atomic E-state index is -0.264. The summed E-state index contributed by atoms with van der Waals surface area (Å²) in [6, 6.07) is 1.62. The third-order valence-electron chi connectivity index (χ3n) is 0.942. The highest BCUT2D eigenvalue weighted by Crippen LogP contribution is 1.73. The number of hydrogen-bond donors (Lipinski definition) is 0. The topological polar surface area (TPSA) is 42.9 Å². The van der Waals surface area contributed by atoms with Crippen LogP contribution in [0.2, 0.25) is 0 Å². The molecule has 0 atom stereocenters. The molecule has 0 saturated carbocycles. The predicted molar refractivity (Wildman–Crippen MR) is 40.3 cm³/mol. The first kappa shape index (κ1) is 9.04. The Balaban J connectivity index is 0.000000810. The van der Waals surface area contributed by atoms with Crippen molar-refractivity contribution >= 4 is 12.4 Å². The summed E-state index contributed by atoms with van der Waals surface area (Å²) in [7, 11) is 0. The molecule has 1 aromatic rings. The van der Waals surface area contributed by atoms with E-state index in [0.717, 1.165) is 0 Å². The second-order valence-electron chi connectivity index (χ2n) is 1.64. The molecule has 1 aromatic heterocycles. The summed E-state index contributed by atoms with van der Waals surface area (Å²) in [5, 5.41) is 0. The first-order valence-electron chi connectivity index (χ1n) is 2.58. The number of nitrogens with zero attached hydrogens (tertiary/aromatic N) is 2. The fourth-order valence-electron chi connectivity index (χ4n) is 0.453. The molecule has 4 heteroatoms. The average Bonchev–Trinajstić information content (AvgIpc) is 1.99. The van der Waals surface area contributed by atoms with Crippen molar-refractivity contribution in [2.24, 2.45) is 0 Å². The van der Waals surface area contributed by atoms with E-state index in [2.05, 4.69) is 9.97 Å². The monoisotopic (exact) mass is 158 g/mol. The van der Waals surface area contributed by atoms with Gasteiger partial charge in [0.1, 0.15) is 5.69 Å². The molecule has 0 saturated heterocycles. The highest BCUT2D eigenvalue weighted by Gasteiger charge is 1.85. The van der Waals surface area contributed by atoms with E-state index in [1.165, 1.54) is 6.20 Å². The van der Waals surface area contributed by atoms with Crippen LogP contribution in [0.15, 0.2) is 23.3 Å². The largest absolute Gasteiger partial charge is 0.291 e. The lowest BCUT2D eigenvalue weighted by atomic mass is 10.5. The van der Waals surface area contributed by atoms with Gasteiger partial charge in [0.25, 0.3) is 5.56 Å². The summed E-state index contributed by atoms with van der Waals surface area (Å²) in [4.78, 5) is 17.9. The van der Waals surface area contributed by atoms with Crippen LogP contribution in [-0.4, -0.2) is 9.97 Å². The van der Waals surface area contributed by atoms with Crippen molar-refractivity contribution in [2.75, 3.05) is 0 Å². The van der Waals surface area contributed by atoms with Crippen LogP contribution in [0.5, 0.6) is 0 Å². The normalized spacial score (nSPS) is 8.10. The predicted octanol–water partition coefficient (Wildman–Crippen LogP) is 0.567. The van der Waals surface area contributed by atoms with Gasteiger partial charge in [0.15, 0.2) is 0 Å². The maximum Gasteiger partial charge on any atom is 0.291 e. The van der Waals surface area contributed by atoms with Crippen LogP contribution < -0.4 is 5.56 Å². The molecule has 1 rings (SSSR count). The Morgan fingerprint density at radius 2 is 1.90 bits per heavy atom. The SMILES string of the molecule is Cc1ncccnc1=O.Cl. The maximum absolute atomic E-state index is 10.6. The molecule has 0 aliphatic heterocycles. The number of aromatic nitrogens is 2. The van der Waals surface area contributed by atoms with Crippen LogP contribution in [0.25, 0.3) is 0 Å². The van der Waals surface area contributed by atoms with Gasteiger partial charge in [0.05, 0.1) is 0 Å². The molecule has 0 aliphatic carbocycles. The second kappa shape index (κ2) is 3.95. The van der Waals surface area contributed by atoms with E-state index in [1.807, 2.05) is 0 Å². The molecule has 0 aliphatic rings. The Labute approximate surface area is 64.6 Å². The van der Waals surface area contributed by atoms with Gasteiger partial charge in [-0.05, 0) is 13.0 Å². The van der Waals surface area contributed by atoms with Gasteiger partial charge in [-0.1, -0.05) is 0 Å². The van der Waals surface area contributed by atoms with Gasteiger partial charge in [0.2, 0.25) is 0 Å². The Hall–Kier alpha value is -0.960. The highest BCUT2D eigenvalue weighted by molar-refractivity contribution is 5.85. The van der Waals surface area contributed by atoms with E-state index in [-0.39, 0.29) is 18.0 Å². The summed E-state index contributed by atoms with van der Waals surface area (Å²) < 4.78 is 0. The van der Waals surface area contributed by atoms with Crippen LogP contribution in [0.3, 0.4) is 0 Å². The van der Waals surface area contributed by atoms with Gasteiger partial charge in [-0.3, -0.25) is 9.78 Å². The fraction of sp³-hybridized carbons (Fsp3) is 0.167. The molecule has 0 radical (unpaired) electrons. The Bertz CT molecular complexity index is 264. The number of halogens is 1. The summed E-state index contributed by atoms with van der Waals surface area (Å²) in [6.07, 6.45) is 2.98. The van der Waals surface area contributed by atoms with Gasteiger partial charge in [-0.15, -0.1) is 12.4 Å². The minimum Gasteiger partial charge on any atom is -0.265 e. The van der Waals surface area contributed by atoms with Crippen molar-refractivity contribution in [1.29, 1.82) is 0 Å². The van der Waals surface area contributed by atoms with Crippen molar-refractivity contribution < 1.29 is 0 Å². The zero-order chi connectivity index (χ0) is 6.69. The van der Waals surface area contributed by atoms with Crippen molar-refractivity contribution in [1.82, 2.24) is 9.97 Å². The molecule has 0 amide bonds. The van der Waals surface area contributed by atoms with Crippen LogP contribution >= 0.6 is 12.4 Å². The minimum absolute atomic E-state index is 0. The van der Waals surface area contributed by atoms with E-state index in [4.69, 9.17) is 0 Å². The zero-order valence-electron chi connectivity index (χ0n) is 5.44. The standard InChI is InChI=1S/C6H6N2O.ClH/c1-5-6(9)8-4-2-3-7-5;/h2-4H,1H3;1H. The Kier molecular flexibility index (Phi) is 3.57. The van der Waals surface area contributed by atoms with Crippen LogP contribution in [0, 0.1) is 6.92 Å². The molecule has 54 valence electrons. The molecule has 3 nitrogen and oxygen atoms in total. The van der Waals surface area contributed by atoms with Crippen LogP contribution in [0.1, 0.15) is 5.69 Å². The molecule has 0 fully saturated rings. The summed E-state index contributed by atoms with van der Waals surface area (Å²) in [5.74, 6) is 0. The van der Waals surface area contributed by atoms with Crippen molar-refractivity contribution in [3.05, 3.63) is 34.5 Å². The molecule has 0 bridgehead atoms. The number of aryl methyl sites for hydroxylation is 1. The molecule has 0 aromatic carbocycles. The molecule has 0 unspecified atom stereocenters. The molecular formula is C6H7ClN2O. The van der Waals surface area contributed by atoms with E-state index in [1.54, 1.807) is 19.2 Å². The molecule has 10 heavy (non-hydrogen) atoms. The quantitative estimate of drug-likeness (QED) is 0.555. The van der Waals surface area contributed by atoms with Crippen LogP contribution in [0.4, 0.5) is 0 Å². The van der Waals surface area contributed by atoms with Gasteiger partial charge < -0.3 is 0 Å². The van der Waals surface area contributed by atoms with Gasteiger partial charge >= 0.3 is 0 Å².